The van der Waals surface area contributed by atoms with Gasteiger partial charge < -0.3 is 10.6 Å². The van der Waals surface area contributed by atoms with Gasteiger partial charge in [0.1, 0.15) is 5.00 Å². The van der Waals surface area contributed by atoms with E-state index < -0.39 is 0 Å². The van der Waals surface area contributed by atoms with Crippen LogP contribution >= 0.6 is 22.9 Å². The van der Waals surface area contributed by atoms with Gasteiger partial charge in [0.25, 0.3) is 11.8 Å². The molecule has 1 aromatic heterocycles. The topological polar surface area (TPSA) is 58.2 Å². The fourth-order valence-corrected chi connectivity index (χ4v) is 4.20. The van der Waals surface area contributed by atoms with Crippen molar-refractivity contribution in [2.45, 2.75) is 39.5 Å². The number of carbonyl (C=O) groups is 2. The number of amides is 2. The Bertz CT molecular complexity index is 754. The molecule has 25 heavy (non-hydrogen) atoms. The van der Waals surface area contributed by atoms with E-state index in [0.29, 0.717) is 21.2 Å². The Labute approximate surface area is 157 Å². The number of rotatable bonds is 3. The van der Waals surface area contributed by atoms with Crippen LogP contribution in [0.3, 0.4) is 0 Å². The molecule has 2 amide bonds. The summed E-state index contributed by atoms with van der Waals surface area (Å²) in [4.78, 5) is 25.9. The molecule has 2 N–H and O–H groups in total. The number of benzene rings is 1. The fraction of sp³-hybridized carbons (Fsp3) is 0.368. The summed E-state index contributed by atoms with van der Waals surface area (Å²) in [6, 6.07) is 6.70. The standard InChI is InChI=1S/C17H17ClN2O2S.C2H6/c1-19-16(22)14-12-4-2-3-5-13(12)23-17(14)20-15(21)10-6-8-11(18)9-7-10;1-2/h6-9H,2-5H2,1H3,(H,19,22)(H,20,21);1-2H3. The Kier molecular flexibility index (Phi) is 7.02. The van der Waals surface area contributed by atoms with E-state index in [1.807, 2.05) is 13.8 Å². The van der Waals surface area contributed by atoms with Gasteiger partial charge in [0.05, 0.1) is 5.56 Å². The zero-order chi connectivity index (χ0) is 18.4. The Hall–Kier alpha value is -1.85. The third-order valence-corrected chi connectivity index (χ3v) is 5.42. The highest BCUT2D eigenvalue weighted by molar-refractivity contribution is 7.17. The van der Waals surface area contributed by atoms with Crippen LogP contribution in [-0.4, -0.2) is 18.9 Å². The summed E-state index contributed by atoms with van der Waals surface area (Å²) < 4.78 is 0. The van der Waals surface area contributed by atoms with Crippen molar-refractivity contribution in [1.29, 1.82) is 0 Å². The molecule has 2 aromatic rings. The summed E-state index contributed by atoms with van der Waals surface area (Å²) in [6.45, 7) is 4.00. The molecule has 1 aromatic carbocycles. The predicted molar refractivity (Wildman–Crippen MR) is 105 cm³/mol. The number of thiophene rings is 1. The fourth-order valence-electron chi connectivity index (χ4n) is 2.80. The van der Waals surface area contributed by atoms with Gasteiger partial charge in [-0.2, -0.15) is 0 Å². The van der Waals surface area contributed by atoms with Gasteiger partial charge in [0.15, 0.2) is 0 Å². The molecule has 0 atom stereocenters. The number of hydrogen-bond acceptors (Lipinski definition) is 3. The van der Waals surface area contributed by atoms with Gasteiger partial charge in [-0.25, -0.2) is 0 Å². The first-order chi connectivity index (χ1) is 12.1. The van der Waals surface area contributed by atoms with E-state index in [1.165, 1.54) is 16.2 Å². The number of carbonyl (C=O) groups excluding carboxylic acids is 2. The highest BCUT2D eigenvalue weighted by Crippen LogP contribution is 2.38. The maximum absolute atomic E-state index is 12.4. The monoisotopic (exact) mass is 378 g/mol. The van der Waals surface area contributed by atoms with E-state index in [0.717, 1.165) is 31.2 Å². The van der Waals surface area contributed by atoms with Gasteiger partial charge in [-0.3, -0.25) is 9.59 Å². The number of aryl methyl sites for hydroxylation is 1. The molecule has 0 saturated carbocycles. The second kappa shape index (κ2) is 9.02. The number of halogens is 1. The largest absolute Gasteiger partial charge is 0.355 e. The van der Waals surface area contributed by atoms with E-state index in [2.05, 4.69) is 10.6 Å². The molecule has 1 aliphatic rings. The minimum Gasteiger partial charge on any atom is -0.355 e. The van der Waals surface area contributed by atoms with Gasteiger partial charge in [-0.05, 0) is 55.5 Å². The first-order valence-electron chi connectivity index (χ1n) is 8.53. The van der Waals surface area contributed by atoms with E-state index in [4.69, 9.17) is 11.6 Å². The second-order valence-corrected chi connectivity index (χ2v) is 7.00. The zero-order valence-electron chi connectivity index (χ0n) is 14.7. The molecule has 0 bridgehead atoms. The summed E-state index contributed by atoms with van der Waals surface area (Å²) >= 11 is 7.36. The smallest absolute Gasteiger partial charge is 0.256 e. The van der Waals surface area contributed by atoms with E-state index >= 15 is 0 Å². The van der Waals surface area contributed by atoms with Crippen molar-refractivity contribution in [1.82, 2.24) is 5.32 Å². The SMILES string of the molecule is CC.CNC(=O)c1c(NC(=O)c2ccc(Cl)cc2)sc2c1CCCC2. The highest BCUT2D eigenvalue weighted by atomic mass is 35.5. The first-order valence-corrected chi connectivity index (χ1v) is 9.73. The van der Waals surface area contributed by atoms with Crippen LogP contribution in [0.2, 0.25) is 5.02 Å². The summed E-state index contributed by atoms with van der Waals surface area (Å²) in [6.07, 6.45) is 4.08. The van der Waals surface area contributed by atoms with Crippen molar-refractivity contribution in [3.63, 3.8) is 0 Å². The van der Waals surface area contributed by atoms with Crippen LogP contribution < -0.4 is 10.6 Å². The Morgan fingerprint density at radius 1 is 1.04 bits per heavy atom. The van der Waals surface area contributed by atoms with Crippen LogP contribution in [0.15, 0.2) is 24.3 Å². The number of fused-ring (bicyclic) bond motifs is 1. The van der Waals surface area contributed by atoms with Crippen molar-refractivity contribution < 1.29 is 9.59 Å². The van der Waals surface area contributed by atoms with Crippen LogP contribution in [0.4, 0.5) is 5.00 Å². The van der Waals surface area contributed by atoms with E-state index in [1.54, 1.807) is 31.3 Å². The second-order valence-electron chi connectivity index (χ2n) is 5.46. The normalized spacial score (nSPS) is 12.5. The Morgan fingerprint density at radius 2 is 1.68 bits per heavy atom. The first kappa shape index (κ1) is 19.5. The molecule has 0 radical (unpaired) electrons. The summed E-state index contributed by atoms with van der Waals surface area (Å²) in [7, 11) is 1.61. The van der Waals surface area contributed by atoms with Gasteiger partial charge in [-0.1, -0.05) is 25.4 Å². The summed E-state index contributed by atoms with van der Waals surface area (Å²) in [5.74, 6) is -0.374. The Morgan fingerprint density at radius 3 is 2.32 bits per heavy atom. The molecule has 1 heterocycles. The molecular formula is C19H23ClN2O2S. The van der Waals surface area contributed by atoms with E-state index in [9.17, 15) is 9.59 Å². The van der Waals surface area contributed by atoms with Crippen molar-refractivity contribution in [3.05, 3.63) is 50.9 Å². The molecule has 1 aliphatic carbocycles. The zero-order valence-corrected chi connectivity index (χ0v) is 16.3. The third kappa shape index (κ3) is 4.41. The maximum atomic E-state index is 12.4. The van der Waals surface area contributed by atoms with Gasteiger partial charge in [0.2, 0.25) is 0 Å². The van der Waals surface area contributed by atoms with Crippen molar-refractivity contribution in [2.75, 3.05) is 12.4 Å². The summed E-state index contributed by atoms with van der Waals surface area (Å²) in [5, 5.41) is 6.79. The quantitative estimate of drug-likeness (QED) is 0.796. The lowest BCUT2D eigenvalue weighted by Crippen LogP contribution is -2.22. The molecule has 0 fully saturated rings. The third-order valence-electron chi connectivity index (χ3n) is 3.96. The Balaban J connectivity index is 0.00000109. The molecule has 0 aliphatic heterocycles. The molecule has 3 rings (SSSR count). The van der Waals surface area contributed by atoms with Crippen LogP contribution in [0, 0.1) is 0 Å². The van der Waals surface area contributed by atoms with E-state index in [-0.39, 0.29) is 11.8 Å². The van der Waals surface area contributed by atoms with Crippen molar-refractivity contribution in [3.8, 4) is 0 Å². The molecule has 0 saturated heterocycles. The average Bonchev–Trinajstić information content (AvgIpc) is 3.01. The molecule has 0 unspecified atom stereocenters. The van der Waals surface area contributed by atoms with Crippen molar-refractivity contribution in [2.24, 2.45) is 0 Å². The lowest BCUT2D eigenvalue weighted by molar-refractivity contribution is 0.0963. The van der Waals surface area contributed by atoms with Gasteiger partial charge >= 0.3 is 0 Å². The molecule has 4 nitrogen and oxygen atoms in total. The predicted octanol–water partition coefficient (Wildman–Crippen LogP) is 4.92. The highest BCUT2D eigenvalue weighted by Gasteiger charge is 2.25. The lowest BCUT2D eigenvalue weighted by atomic mass is 9.95. The lowest BCUT2D eigenvalue weighted by Gasteiger charge is -2.12. The average molecular weight is 379 g/mol. The summed E-state index contributed by atoms with van der Waals surface area (Å²) in [5.41, 5.74) is 2.23. The number of anilines is 1. The minimum atomic E-state index is -0.231. The molecule has 134 valence electrons. The van der Waals surface area contributed by atoms with Crippen LogP contribution in [0.5, 0.6) is 0 Å². The molecule has 0 spiro atoms. The van der Waals surface area contributed by atoms with Crippen molar-refractivity contribution >= 4 is 39.8 Å². The van der Waals surface area contributed by atoms with Crippen LogP contribution in [-0.2, 0) is 12.8 Å². The number of nitrogens with one attached hydrogen (secondary N) is 2. The minimum absolute atomic E-state index is 0.143. The van der Waals surface area contributed by atoms with Crippen LogP contribution in [0.1, 0.15) is 57.8 Å². The number of hydrogen-bond donors (Lipinski definition) is 2. The van der Waals surface area contributed by atoms with Gasteiger partial charge in [0, 0.05) is 22.5 Å². The maximum Gasteiger partial charge on any atom is 0.256 e. The molecular weight excluding hydrogens is 356 g/mol. The molecule has 6 heteroatoms. The van der Waals surface area contributed by atoms with Gasteiger partial charge in [-0.15, -0.1) is 11.3 Å². The van der Waals surface area contributed by atoms with Crippen LogP contribution in [0.25, 0.3) is 0 Å².